The quantitative estimate of drug-likeness (QED) is 0.578. The average Bonchev–Trinajstić information content (AvgIpc) is 2.23. The van der Waals surface area contributed by atoms with Crippen molar-refractivity contribution in [1.29, 1.82) is 0 Å². The van der Waals surface area contributed by atoms with E-state index in [1.165, 1.54) is 7.11 Å². The van der Waals surface area contributed by atoms with Crippen LogP contribution in [0.15, 0.2) is 0 Å². The number of ether oxygens (including phenoxy) is 2. The van der Waals surface area contributed by atoms with Gasteiger partial charge in [0.1, 0.15) is 11.8 Å². The predicted molar refractivity (Wildman–Crippen MR) is 43.6 cm³/mol. The van der Waals surface area contributed by atoms with E-state index in [-0.39, 0.29) is 18.1 Å². The van der Waals surface area contributed by atoms with Crippen LogP contribution in [0.1, 0.15) is 20.8 Å². The van der Waals surface area contributed by atoms with Crippen molar-refractivity contribution in [2.45, 2.75) is 38.6 Å². The van der Waals surface area contributed by atoms with Crippen molar-refractivity contribution in [2.24, 2.45) is 0 Å². The van der Waals surface area contributed by atoms with Gasteiger partial charge in [0.25, 0.3) is 0 Å². The van der Waals surface area contributed by atoms with Crippen LogP contribution in [0.5, 0.6) is 0 Å². The van der Waals surface area contributed by atoms with Crippen molar-refractivity contribution in [1.82, 2.24) is 5.32 Å². The van der Waals surface area contributed by atoms with Crippen LogP contribution in [0.4, 0.5) is 0 Å². The number of carbonyl (C=O) groups excluding carboxylic acids is 1. The number of rotatable bonds is 1. The van der Waals surface area contributed by atoms with E-state index in [1.54, 1.807) is 0 Å². The monoisotopic (exact) mass is 173 g/mol. The molecule has 1 aliphatic rings. The number of methoxy groups -OCH3 is 1. The highest BCUT2D eigenvalue weighted by Crippen LogP contribution is 2.21. The zero-order valence-electron chi connectivity index (χ0n) is 7.88. The van der Waals surface area contributed by atoms with Gasteiger partial charge in [-0.1, -0.05) is 0 Å². The van der Waals surface area contributed by atoms with Gasteiger partial charge in [-0.05, 0) is 20.8 Å². The van der Waals surface area contributed by atoms with Gasteiger partial charge in [-0.2, -0.15) is 0 Å². The number of hydrogen-bond donors (Lipinski definition) is 1. The molecule has 1 aliphatic heterocycles. The fourth-order valence-corrected chi connectivity index (χ4v) is 1.44. The normalized spacial score (nSPS) is 33.3. The van der Waals surface area contributed by atoms with E-state index in [0.717, 1.165) is 0 Å². The first-order valence-electron chi connectivity index (χ1n) is 3.99. The van der Waals surface area contributed by atoms with Crippen LogP contribution in [-0.2, 0) is 14.3 Å². The van der Waals surface area contributed by atoms with Gasteiger partial charge in [0.05, 0.1) is 13.2 Å². The van der Waals surface area contributed by atoms with E-state index in [2.05, 4.69) is 10.1 Å². The summed E-state index contributed by atoms with van der Waals surface area (Å²) in [5, 5.41) is 3.03. The zero-order valence-corrected chi connectivity index (χ0v) is 7.88. The molecule has 1 N–H and O–H groups in total. The second kappa shape index (κ2) is 3.03. The molecule has 4 heteroatoms. The van der Waals surface area contributed by atoms with Crippen molar-refractivity contribution >= 4 is 5.97 Å². The first kappa shape index (κ1) is 9.48. The number of hydrogen-bond acceptors (Lipinski definition) is 4. The Labute approximate surface area is 72.2 Å². The SMILES string of the molecule is COC(=O)C1NC(C)(C)O[C@@H]1C. The summed E-state index contributed by atoms with van der Waals surface area (Å²) in [6, 6.07) is -0.343. The van der Waals surface area contributed by atoms with Crippen molar-refractivity contribution in [3.8, 4) is 0 Å². The maximum Gasteiger partial charge on any atom is 0.325 e. The van der Waals surface area contributed by atoms with Gasteiger partial charge in [0.15, 0.2) is 0 Å². The minimum Gasteiger partial charge on any atom is -0.468 e. The summed E-state index contributed by atoms with van der Waals surface area (Å²) in [7, 11) is 1.38. The van der Waals surface area contributed by atoms with Crippen molar-refractivity contribution in [3.63, 3.8) is 0 Å². The molecular weight excluding hydrogens is 158 g/mol. The molecule has 0 amide bonds. The molecule has 1 unspecified atom stereocenters. The third-order valence-corrected chi connectivity index (χ3v) is 1.91. The Kier molecular flexibility index (Phi) is 2.39. The van der Waals surface area contributed by atoms with Gasteiger partial charge in [0, 0.05) is 0 Å². The molecule has 1 rings (SSSR count). The minimum absolute atomic E-state index is 0.132. The van der Waals surface area contributed by atoms with Crippen molar-refractivity contribution in [3.05, 3.63) is 0 Å². The number of nitrogens with one attached hydrogen (secondary N) is 1. The lowest BCUT2D eigenvalue weighted by molar-refractivity contribution is -0.143. The first-order valence-corrected chi connectivity index (χ1v) is 3.99. The van der Waals surface area contributed by atoms with Crippen LogP contribution in [0.2, 0.25) is 0 Å². The Balaban J connectivity index is 2.64. The van der Waals surface area contributed by atoms with Crippen LogP contribution < -0.4 is 5.32 Å². The molecule has 0 aromatic rings. The van der Waals surface area contributed by atoms with Crippen LogP contribution in [0, 0.1) is 0 Å². The van der Waals surface area contributed by atoms with Gasteiger partial charge in [-0.3, -0.25) is 10.1 Å². The maximum atomic E-state index is 11.1. The summed E-state index contributed by atoms with van der Waals surface area (Å²) in [5.74, 6) is -0.270. The smallest absolute Gasteiger partial charge is 0.325 e. The standard InChI is InChI=1S/C8H15NO3/c1-5-6(7(10)11-4)9-8(2,3)12-5/h5-6,9H,1-4H3/t5-,6?/m1/s1. The van der Waals surface area contributed by atoms with Crippen molar-refractivity contribution < 1.29 is 14.3 Å². The van der Waals surface area contributed by atoms with Crippen LogP contribution in [-0.4, -0.2) is 30.9 Å². The summed E-state index contributed by atoms with van der Waals surface area (Å²) in [4.78, 5) is 11.1. The average molecular weight is 173 g/mol. The third kappa shape index (κ3) is 1.76. The van der Waals surface area contributed by atoms with Crippen LogP contribution in [0.25, 0.3) is 0 Å². The molecule has 1 heterocycles. The zero-order chi connectivity index (χ0) is 9.35. The van der Waals surface area contributed by atoms with E-state index in [1.807, 2.05) is 20.8 Å². The molecular formula is C8H15NO3. The lowest BCUT2D eigenvalue weighted by Gasteiger charge is -2.17. The molecule has 12 heavy (non-hydrogen) atoms. The first-order chi connectivity index (χ1) is 5.46. The van der Waals surface area contributed by atoms with E-state index < -0.39 is 5.72 Å². The Morgan fingerprint density at radius 2 is 2.17 bits per heavy atom. The Hall–Kier alpha value is -0.610. The molecule has 0 saturated carbocycles. The molecule has 1 saturated heterocycles. The molecule has 70 valence electrons. The Morgan fingerprint density at radius 1 is 1.58 bits per heavy atom. The molecule has 0 radical (unpaired) electrons. The maximum absolute atomic E-state index is 11.1. The van der Waals surface area contributed by atoms with Gasteiger partial charge in [-0.25, -0.2) is 0 Å². The number of esters is 1. The molecule has 4 nitrogen and oxygen atoms in total. The summed E-state index contributed by atoms with van der Waals surface area (Å²) in [6.07, 6.45) is -0.132. The highest BCUT2D eigenvalue weighted by molar-refractivity contribution is 5.76. The third-order valence-electron chi connectivity index (χ3n) is 1.91. The van der Waals surface area contributed by atoms with Crippen molar-refractivity contribution in [2.75, 3.05) is 7.11 Å². The van der Waals surface area contributed by atoms with E-state index >= 15 is 0 Å². The molecule has 1 fully saturated rings. The van der Waals surface area contributed by atoms with E-state index in [4.69, 9.17) is 4.74 Å². The minimum atomic E-state index is -0.432. The predicted octanol–water partition coefficient (Wildman–Crippen LogP) is 0.272. The van der Waals surface area contributed by atoms with Gasteiger partial charge < -0.3 is 9.47 Å². The molecule has 0 aliphatic carbocycles. The highest BCUT2D eigenvalue weighted by Gasteiger charge is 2.41. The summed E-state index contributed by atoms with van der Waals surface area (Å²) in [5.41, 5.74) is -0.432. The molecule has 0 spiro atoms. The summed E-state index contributed by atoms with van der Waals surface area (Å²) in [6.45, 7) is 5.61. The molecule has 0 aromatic carbocycles. The molecule has 0 bridgehead atoms. The fraction of sp³-hybridized carbons (Fsp3) is 0.875. The lowest BCUT2D eigenvalue weighted by atomic mass is 10.2. The van der Waals surface area contributed by atoms with Gasteiger partial charge in [0.2, 0.25) is 0 Å². The van der Waals surface area contributed by atoms with Gasteiger partial charge in [-0.15, -0.1) is 0 Å². The summed E-state index contributed by atoms with van der Waals surface area (Å²) >= 11 is 0. The number of carbonyl (C=O) groups is 1. The van der Waals surface area contributed by atoms with E-state index in [9.17, 15) is 4.79 Å². The fourth-order valence-electron chi connectivity index (χ4n) is 1.44. The second-order valence-electron chi connectivity index (χ2n) is 3.48. The molecule has 0 aromatic heterocycles. The lowest BCUT2D eigenvalue weighted by Crippen LogP contribution is -2.43. The largest absolute Gasteiger partial charge is 0.468 e. The topological polar surface area (TPSA) is 47.6 Å². The Morgan fingerprint density at radius 3 is 2.50 bits per heavy atom. The Bertz CT molecular complexity index is 191. The summed E-state index contributed by atoms with van der Waals surface area (Å²) < 4.78 is 10.1. The second-order valence-corrected chi connectivity index (χ2v) is 3.48. The molecule has 2 atom stereocenters. The van der Waals surface area contributed by atoms with Gasteiger partial charge >= 0.3 is 5.97 Å². The van der Waals surface area contributed by atoms with Crippen LogP contribution in [0.3, 0.4) is 0 Å². The highest BCUT2D eigenvalue weighted by atomic mass is 16.6. The van der Waals surface area contributed by atoms with E-state index in [0.29, 0.717) is 0 Å². The van der Waals surface area contributed by atoms with Crippen LogP contribution >= 0.6 is 0 Å².